The fraction of sp³-hybridized carbons (Fsp3) is 0.320. The van der Waals surface area contributed by atoms with E-state index < -0.39 is 15.9 Å². The molecule has 2 amide bonds. The fourth-order valence-electron chi connectivity index (χ4n) is 3.54. The van der Waals surface area contributed by atoms with E-state index in [2.05, 4.69) is 16.2 Å². The van der Waals surface area contributed by atoms with E-state index in [0.29, 0.717) is 23.6 Å². The minimum atomic E-state index is -3.63. The van der Waals surface area contributed by atoms with Gasteiger partial charge in [0.05, 0.1) is 21.7 Å². The number of hydrogen-bond acceptors (Lipinski definition) is 5. The highest BCUT2D eigenvalue weighted by Crippen LogP contribution is 2.22. The molecule has 1 heterocycles. The maximum atomic E-state index is 12.9. The van der Waals surface area contributed by atoms with Crippen LogP contribution < -0.4 is 10.1 Å². The third kappa shape index (κ3) is 6.06. The first-order valence-electron chi connectivity index (χ1n) is 11.2. The van der Waals surface area contributed by atoms with Crippen LogP contribution in [0, 0.1) is 12.3 Å². The number of aromatic nitrogens is 1. The van der Waals surface area contributed by atoms with Gasteiger partial charge in [0.25, 0.3) is 5.91 Å². The summed E-state index contributed by atoms with van der Waals surface area (Å²) in [5.74, 6) is 1.88. The molecule has 0 atom stereocenters. The summed E-state index contributed by atoms with van der Waals surface area (Å²) in [5.41, 5.74) is 1.69. The molecule has 1 aromatic heterocycles. The van der Waals surface area contributed by atoms with Crippen molar-refractivity contribution in [2.24, 2.45) is 4.99 Å². The molecular formula is C25H28N4O4S2. The molecule has 0 aliphatic rings. The van der Waals surface area contributed by atoms with Crippen LogP contribution in [0.2, 0.25) is 0 Å². The van der Waals surface area contributed by atoms with E-state index in [-0.39, 0.29) is 22.9 Å². The molecule has 0 spiro atoms. The largest absolute Gasteiger partial charge is 0.326 e. The SMILES string of the molecule is C#CCn1c(=NC(=O)c2ccc(S(=O)(=O)N(CC)CCCC)cc2)sc2cc(NC(C)=O)ccc21. The van der Waals surface area contributed by atoms with Crippen LogP contribution in [-0.2, 0) is 21.4 Å². The first kappa shape index (κ1) is 26.3. The third-order valence-corrected chi connectivity index (χ3v) is 8.33. The van der Waals surface area contributed by atoms with Gasteiger partial charge in [-0.05, 0) is 48.9 Å². The monoisotopic (exact) mass is 512 g/mol. The summed E-state index contributed by atoms with van der Waals surface area (Å²) in [6.07, 6.45) is 7.21. The Morgan fingerprint density at radius 3 is 2.49 bits per heavy atom. The number of carbonyl (C=O) groups is 2. The number of hydrogen-bond donors (Lipinski definition) is 1. The van der Waals surface area contributed by atoms with Gasteiger partial charge in [0.2, 0.25) is 15.9 Å². The van der Waals surface area contributed by atoms with Crippen LogP contribution in [-0.4, -0.2) is 42.2 Å². The zero-order chi connectivity index (χ0) is 25.6. The number of anilines is 1. The lowest BCUT2D eigenvalue weighted by Crippen LogP contribution is -2.31. The second kappa shape index (κ2) is 11.4. The minimum absolute atomic E-state index is 0.141. The van der Waals surface area contributed by atoms with Gasteiger partial charge >= 0.3 is 0 Å². The number of carbonyl (C=O) groups excluding carboxylic acids is 2. The summed E-state index contributed by atoms with van der Waals surface area (Å²) < 4.78 is 29.8. The summed E-state index contributed by atoms with van der Waals surface area (Å²) in [4.78, 5) is 29.1. The molecule has 0 aliphatic carbocycles. The van der Waals surface area contributed by atoms with Crippen LogP contribution in [0.15, 0.2) is 52.4 Å². The molecule has 0 bridgehead atoms. The van der Waals surface area contributed by atoms with Gasteiger partial charge < -0.3 is 9.88 Å². The number of sulfonamides is 1. The van der Waals surface area contributed by atoms with Crippen molar-refractivity contribution < 1.29 is 18.0 Å². The lowest BCUT2D eigenvalue weighted by Gasteiger charge is -2.20. The van der Waals surface area contributed by atoms with Gasteiger partial charge in [0, 0.05) is 31.3 Å². The number of terminal acetylenes is 1. The van der Waals surface area contributed by atoms with Gasteiger partial charge in [-0.1, -0.05) is 37.5 Å². The van der Waals surface area contributed by atoms with Crippen LogP contribution in [0.4, 0.5) is 5.69 Å². The third-order valence-electron chi connectivity index (χ3n) is 5.30. The van der Waals surface area contributed by atoms with Crippen molar-refractivity contribution in [3.05, 3.63) is 52.8 Å². The Morgan fingerprint density at radius 2 is 1.89 bits per heavy atom. The predicted octanol–water partition coefficient (Wildman–Crippen LogP) is 3.85. The molecule has 10 heteroatoms. The number of thiazole rings is 1. The first-order chi connectivity index (χ1) is 16.7. The number of nitrogens with one attached hydrogen (secondary N) is 1. The van der Waals surface area contributed by atoms with Gasteiger partial charge in [0.1, 0.15) is 0 Å². The first-order valence-corrected chi connectivity index (χ1v) is 13.5. The number of benzene rings is 2. The van der Waals surface area contributed by atoms with Crippen molar-refractivity contribution in [2.75, 3.05) is 18.4 Å². The van der Waals surface area contributed by atoms with E-state index in [9.17, 15) is 18.0 Å². The van der Waals surface area contributed by atoms with Crippen LogP contribution in [0.5, 0.6) is 0 Å². The Hall–Kier alpha value is -3.26. The highest BCUT2D eigenvalue weighted by atomic mass is 32.2. The van der Waals surface area contributed by atoms with Crippen molar-refractivity contribution in [1.29, 1.82) is 0 Å². The smallest absolute Gasteiger partial charge is 0.279 e. The van der Waals surface area contributed by atoms with Crippen LogP contribution >= 0.6 is 11.3 Å². The topological polar surface area (TPSA) is 101 Å². The molecule has 184 valence electrons. The fourth-order valence-corrected chi connectivity index (χ4v) is 6.09. The van der Waals surface area contributed by atoms with Crippen LogP contribution in [0.3, 0.4) is 0 Å². The van der Waals surface area contributed by atoms with E-state index in [0.717, 1.165) is 23.1 Å². The van der Waals surface area contributed by atoms with Crippen LogP contribution in [0.1, 0.15) is 44.0 Å². The molecule has 0 fully saturated rings. The van der Waals surface area contributed by atoms with Crippen molar-refractivity contribution in [3.63, 3.8) is 0 Å². The molecule has 0 saturated heterocycles. The molecule has 0 radical (unpaired) electrons. The average Bonchev–Trinajstić information content (AvgIpc) is 3.15. The lowest BCUT2D eigenvalue weighted by atomic mass is 10.2. The zero-order valence-corrected chi connectivity index (χ0v) is 21.6. The Balaban J connectivity index is 1.94. The van der Waals surface area contributed by atoms with Gasteiger partial charge in [0.15, 0.2) is 4.80 Å². The molecule has 0 saturated carbocycles. The number of nitrogens with zero attached hydrogens (tertiary/aromatic N) is 3. The molecular weight excluding hydrogens is 484 g/mol. The second-order valence-electron chi connectivity index (χ2n) is 7.83. The predicted molar refractivity (Wildman–Crippen MR) is 139 cm³/mol. The van der Waals surface area contributed by atoms with Gasteiger partial charge in [-0.2, -0.15) is 9.30 Å². The summed E-state index contributed by atoms with van der Waals surface area (Å²) >= 11 is 1.28. The van der Waals surface area contributed by atoms with E-state index in [1.165, 1.54) is 46.8 Å². The Morgan fingerprint density at radius 1 is 1.17 bits per heavy atom. The second-order valence-corrected chi connectivity index (χ2v) is 10.8. The van der Waals surface area contributed by atoms with Gasteiger partial charge in [-0.3, -0.25) is 9.59 Å². The van der Waals surface area contributed by atoms with E-state index in [1.807, 2.05) is 13.0 Å². The number of fused-ring (bicyclic) bond motifs is 1. The summed E-state index contributed by atoms with van der Waals surface area (Å²) in [5, 5.41) is 2.73. The Bertz CT molecular complexity index is 1450. The van der Waals surface area contributed by atoms with Gasteiger partial charge in [-0.25, -0.2) is 8.42 Å². The van der Waals surface area contributed by atoms with E-state index >= 15 is 0 Å². The highest BCUT2D eigenvalue weighted by Gasteiger charge is 2.22. The molecule has 35 heavy (non-hydrogen) atoms. The number of unbranched alkanes of at least 4 members (excludes halogenated alkanes) is 1. The molecule has 0 unspecified atom stereocenters. The summed E-state index contributed by atoms with van der Waals surface area (Å²) in [7, 11) is -3.63. The molecule has 3 aromatic rings. The molecule has 1 N–H and O–H groups in total. The summed E-state index contributed by atoms with van der Waals surface area (Å²) in [6, 6.07) is 11.2. The van der Waals surface area contributed by atoms with E-state index in [1.54, 1.807) is 23.6 Å². The van der Waals surface area contributed by atoms with Crippen molar-refractivity contribution in [1.82, 2.24) is 8.87 Å². The lowest BCUT2D eigenvalue weighted by molar-refractivity contribution is -0.114. The normalized spacial score (nSPS) is 12.1. The van der Waals surface area contributed by atoms with Crippen molar-refractivity contribution >= 4 is 49.1 Å². The number of amides is 2. The molecule has 8 nitrogen and oxygen atoms in total. The quantitative estimate of drug-likeness (QED) is 0.440. The summed E-state index contributed by atoms with van der Waals surface area (Å²) in [6.45, 7) is 6.29. The van der Waals surface area contributed by atoms with Gasteiger partial charge in [-0.15, -0.1) is 6.42 Å². The number of rotatable bonds is 9. The minimum Gasteiger partial charge on any atom is -0.326 e. The maximum absolute atomic E-state index is 12.9. The average molecular weight is 513 g/mol. The standard InChI is InChI=1S/C25H28N4O4S2/c1-5-8-16-28(7-3)35(32,33)21-12-9-19(10-13-21)24(31)27-25-29(15-6-2)22-14-11-20(26-18(4)30)17-23(22)34-25/h2,9-14,17H,5,7-8,15-16H2,1,3-4H3,(H,26,30). The van der Waals surface area contributed by atoms with Crippen molar-refractivity contribution in [3.8, 4) is 12.3 Å². The highest BCUT2D eigenvalue weighted by molar-refractivity contribution is 7.89. The van der Waals surface area contributed by atoms with Crippen LogP contribution in [0.25, 0.3) is 10.2 Å². The van der Waals surface area contributed by atoms with Crippen molar-refractivity contribution in [2.45, 2.75) is 45.1 Å². The molecule has 2 aromatic carbocycles. The Kier molecular flexibility index (Phi) is 8.62. The Labute approximate surface area is 209 Å². The zero-order valence-electron chi connectivity index (χ0n) is 19.9. The maximum Gasteiger partial charge on any atom is 0.279 e. The molecule has 3 rings (SSSR count). The molecule has 0 aliphatic heterocycles. The van der Waals surface area contributed by atoms with E-state index in [4.69, 9.17) is 6.42 Å².